The Morgan fingerprint density at radius 3 is 3.17 bits per heavy atom. The smallest absolute Gasteiger partial charge is 0.252 e. The fourth-order valence-electron chi connectivity index (χ4n) is 4.26. The maximum absolute atomic E-state index is 13.2. The van der Waals surface area contributed by atoms with Crippen LogP contribution in [0, 0.1) is 17.3 Å². The Labute approximate surface area is 136 Å². The van der Waals surface area contributed by atoms with Gasteiger partial charge in [0, 0.05) is 42.8 Å². The van der Waals surface area contributed by atoms with E-state index in [1.807, 2.05) is 11.1 Å². The molecule has 3 atom stereocenters. The molecule has 1 aromatic heterocycles. The maximum atomic E-state index is 13.2. The molecule has 6 heteroatoms. The molecule has 3 aliphatic heterocycles. The average molecular weight is 319 g/mol. The van der Waals surface area contributed by atoms with Crippen LogP contribution in [0.5, 0.6) is 0 Å². The van der Waals surface area contributed by atoms with Gasteiger partial charge >= 0.3 is 0 Å². The van der Waals surface area contributed by atoms with Gasteiger partial charge in [0.2, 0.25) is 0 Å². The molecule has 3 aliphatic rings. The molecule has 126 valence electrons. The minimum absolute atomic E-state index is 0.0289. The molecule has 1 N–H and O–H groups in total. The van der Waals surface area contributed by atoms with Gasteiger partial charge in [-0.2, -0.15) is 5.10 Å². The van der Waals surface area contributed by atoms with E-state index in [2.05, 4.69) is 24.0 Å². The van der Waals surface area contributed by atoms with Crippen molar-refractivity contribution in [3.63, 3.8) is 0 Å². The van der Waals surface area contributed by atoms with Gasteiger partial charge in [0.1, 0.15) is 6.10 Å². The van der Waals surface area contributed by atoms with E-state index in [9.17, 15) is 4.79 Å². The van der Waals surface area contributed by atoms with E-state index < -0.39 is 0 Å². The van der Waals surface area contributed by atoms with Crippen LogP contribution in [-0.4, -0.2) is 53.5 Å². The molecule has 2 fully saturated rings. The van der Waals surface area contributed by atoms with Gasteiger partial charge in [0.05, 0.1) is 19.4 Å². The van der Waals surface area contributed by atoms with Crippen LogP contribution in [-0.2, 0) is 27.2 Å². The van der Waals surface area contributed by atoms with Gasteiger partial charge in [-0.1, -0.05) is 13.8 Å². The molecule has 3 unspecified atom stereocenters. The molecule has 0 aliphatic carbocycles. The monoisotopic (exact) mass is 319 g/mol. The van der Waals surface area contributed by atoms with Crippen LogP contribution in [0.25, 0.3) is 0 Å². The van der Waals surface area contributed by atoms with Gasteiger partial charge < -0.3 is 14.4 Å². The summed E-state index contributed by atoms with van der Waals surface area (Å²) in [6.45, 7) is 7.91. The number of carbonyl (C=O) groups excluding carboxylic acids is 1. The SMILES string of the molecule is CC1(C)Cc2[nH]ncc2CN(C(=O)C2OCC3COCCC32)C1. The molecular formula is C17H25N3O3. The van der Waals surface area contributed by atoms with Crippen molar-refractivity contribution < 1.29 is 14.3 Å². The number of carbonyl (C=O) groups is 1. The van der Waals surface area contributed by atoms with E-state index in [1.165, 1.54) is 0 Å². The molecular weight excluding hydrogens is 294 g/mol. The fourth-order valence-corrected chi connectivity index (χ4v) is 4.26. The Morgan fingerprint density at radius 2 is 2.30 bits per heavy atom. The van der Waals surface area contributed by atoms with E-state index in [1.54, 1.807) is 0 Å². The van der Waals surface area contributed by atoms with Crippen molar-refractivity contribution >= 4 is 5.91 Å². The van der Waals surface area contributed by atoms with Gasteiger partial charge in [-0.3, -0.25) is 9.89 Å². The lowest BCUT2D eigenvalue weighted by Gasteiger charge is -2.33. The summed E-state index contributed by atoms with van der Waals surface area (Å²) in [5.74, 6) is 0.829. The highest BCUT2D eigenvalue weighted by Crippen LogP contribution is 2.36. The number of rotatable bonds is 1. The summed E-state index contributed by atoms with van der Waals surface area (Å²) in [5.41, 5.74) is 2.31. The summed E-state index contributed by atoms with van der Waals surface area (Å²) in [6.07, 6.45) is 3.39. The van der Waals surface area contributed by atoms with Crippen LogP contribution in [0.3, 0.4) is 0 Å². The van der Waals surface area contributed by atoms with Crippen molar-refractivity contribution in [1.29, 1.82) is 0 Å². The third-order valence-corrected chi connectivity index (χ3v) is 5.41. The molecule has 4 rings (SSSR count). The zero-order valence-corrected chi connectivity index (χ0v) is 13.9. The number of amides is 1. The number of aromatic nitrogens is 2. The molecule has 0 radical (unpaired) electrons. The van der Waals surface area contributed by atoms with Crippen molar-refractivity contribution in [2.45, 2.75) is 39.3 Å². The van der Waals surface area contributed by atoms with Gasteiger partial charge in [0.25, 0.3) is 5.91 Å². The third kappa shape index (κ3) is 2.78. The summed E-state index contributed by atoms with van der Waals surface area (Å²) in [6, 6.07) is 0. The first-order valence-electron chi connectivity index (χ1n) is 8.53. The molecule has 23 heavy (non-hydrogen) atoms. The van der Waals surface area contributed by atoms with Gasteiger partial charge in [-0.25, -0.2) is 0 Å². The number of H-pyrrole nitrogens is 1. The van der Waals surface area contributed by atoms with Gasteiger partial charge in [-0.05, 0) is 18.3 Å². The van der Waals surface area contributed by atoms with Crippen LogP contribution in [0.1, 0.15) is 31.5 Å². The summed E-state index contributed by atoms with van der Waals surface area (Å²) >= 11 is 0. The Morgan fingerprint density at radius 1 is 1.43 bits per heavy atom. The van der Waals surface area contributed by atoms with E-state index in [0.717, 1.165) is 43.9 Å². The normalized spacial score (nSPS) is 33.0. The highest BCUT2D eigenvalue weighted by Gasteiger charge is 2.45. The lowest BCUT2D eigenvalue weighted by Crippen LogP contribution is -2.46. The molecule has 2 saturated heterocycles. The lowest BCUT2D eigenvalue weighted by atomic mass is 9.85. The predicted octanol–water partition coefficient (Wildman–Crippen LogP) is 1.37. The second kappa shape index (κ2) is 5.60. The molecule has 0 bridgehead atoms. The number of aromatic amines is 1. The minimum atomic E-state index is -0.298. The summed E-state index contributed by atoms with van der Waals surface area (Å²) in [4.78, 5) is 15.1. The maximum Gasteiger partial charge on any atom is 0.252 e. The van der Waals surface area contributed by atoms with E-state index in [0.29, 0.717) is 25.0 Å². The van der Waals surface area contributed by atoms with Crippen LogP contribution >= 0.6 is 0 Å². The quantitative estimate of drug-likeness (QED) is 0.849. The highest BCUT2D eigenvalue weighted by atomic mass is 16.5. The first-order chi connectivity index (χ1) is 11.0. The molecule has 4 heterocycles. The van der Waals surface area contributed by atoms with E-state index in [-0.39, 0.29) is 17.4 Å². The Bertz CT molecular complexity index is 598. The second-order valence-electron chi connectivity index (χ2n) is 7.95. The van der Waals surface area contributed by atoms with Gasteiger partial charge in [0.15, 0.2) is 0 Å². The van der Waals surface area contributed by atoms with Crippen molar-refractivity contribution in [3.05, 3.63) is 17.5 Å². The first kappa shape index (κ1) is 15.1. The largest absolute Gasteiger partial charge is 0.381 e. The molecule has 6 nitrogen and oxygen atoms in total. The van der Waals surface area contributed by atoms with Crippen LogP contribution in [0.4, 0.5) is 0 Å². The minimum Gasteiger partial charge on any atom is -0.381 e. The number of hydrogen-bond donors (Lipinski definition) is 1. The number of nitrogens with zero attached hydrogens (tertiary/aromatic N) is 2. The molecule has 0 aromatic carbocycles. The van der Waals surface area contributed by atoms with E-state index in [4.69, 9.17) is 9.47 Å². The zero-order valence-electron chi connectivity index (χ0n) is 13.9. The number of fused-ring (bicyclic) bond motifs is 2. The lowest BCUT2D eigenvalue weighted by molar-refractivity contribution is -0.145. The molecule has 0 saturated carbocycles. The number of ether oxygens (including phenoxy) is 2. The molecule has 1 aromatic rings. The second-order valence-corrected chi connectivity index (χ2v) is 7.95. The first-order valence-corrected chi connectivity index (χ1v) is 8.53. The molecule has 1 amide bonds. The van der Waals surface area contributed by atoms with Gasteiger partial charge in [-0.15, -0.1) is 0 Å². The standard InChI is InChI=1S/C17H25N3O3/c1-17(2)5-14-11(6-18-19-14)7-20(10-17)16(21)15-13-3-4-22-8-12(13)9-23-15/h6,12-13,15H,3-5,7-10H2,1-2H3,(H,18,19). The number of nitrogens with one attached hydrogen (secondary N) is 1. The third-order valence-electron chi connectivity index (χ3n) is 5.41. The Hall–Kier alpha value is -1.40. The van der Waals surface area contributed by atoms with Crippen LogP contribution in [0.2, 0.25) is 0 Å². The predicted molar refractivity (Wildman–Crippen MR) is 83.6 cm³/mol. The highest BCUT2D eigenvalue weighted by molar-refractivity contribution is 5.82. The van der Waals surface area contributed by atoms with Crippen molar-refractivity contribution in [2.24, 2.45) is 17.3 Å². The number of hydrogen-bond acceptors (Lipinski definition) is 4. The molecule has 0 spiro atoms. The fraction of sp³-hybridized carbons (Fsp3) is 0.765. The van der Waals surface area contributed by atoms with Crippen molar-refractivity contribution in [3.8, 4) is 0 Å². The topological polar surface area (TPSA) is 67.5 Å². The summed E-state index contributed by atoms with van der Waals surface area (Å²) in [7, 11) is 0. The zero-order chi connectivity index (χ0) is 16.0. The van der Waals surface area contributed by atoms with Crippen LogP contribution < -0.4 is 0 Å². The Kier molecular flexibility index (Phi) is 3.69. The van der Waals surface area contributed by atoms with Crippen molar-refractivity contribution in [1.82, 2.24) is 15.1 Å². The van der Waals surface area contributed by atoms with E-state index >= 15 is 0 Å². The Balaban J connectivity index is 1.56. The van der Waals surface area contributed by atoms with Crippen LogP contribution in [0.15, 0.2) is 6.20 Å². The summed E-state index contributed by atoms with van der Waals surface area (Å²) in [5, 5.41) is 7.25. The summed E-state index contributed by atoms with van der Waals surface area (Å²) < 4.78 is 11.4. The van der Waals surface area contributed by atoms with Crippen molar-refractivity contribution in [2.75, 3.05) is 26.4 Å². The average Bonchev–Trinajstić information content (AvgIpc) is 3.09.